The van der Waals surface area contributed by atoms with E-state index in [0.717, 1.165) is 37.6 Å². The lowest BCUT2D eigenvalue weighted by molar-refractivity contribution is 0.267. The molecule has 1 saturated heterocycles. The highest BCUT2D eigenvalue weighted by Crippen LogP contribution is 2.18. The van der Waals surface area contributed by atoms with Gasteiger partial charge in [-0.05, 0) is 30.9 Å². The van der Waals surface area contributed by atoms with E-state index in [4.69, 9.17) is 4.74 Å². The van der Waals surface area contributed by atoms with Crippen molar-refractivity contribution in [3.63, 3.8) is 0 Å². The maximum absolute atomic E-state index is 11.6. The molecule has 1 fully saturated rings. The fourth-order valence-corrected chi connectivity index (χ4v) is 3.86. The molecule has 1 aliphatic heterocycles. The molecule has 1 aromatic carbocycles. The van der Waals surface area contributed by atoms with Crippen LogP contribution in [-0.4, -0.2) is 76.7 Å². The Hall–Kier alpha value is -1.80. The van der Waals surface area contributed by atoms with Crippen LogP contribution in [0.15, 0.2) is 35.3 Å². The van der Waals surface area contributed by atoms with Gasteiger partial charge in [0.05, 0.1) is 12.8 Å². The van der Waals surface area contributed by atoms with Crippen molar-refractivity contribution >= 4 is 16.0 Å². The quantitative estimate of drug-likeness (QED) is 0.567. The van der Waals surface area contributed by atoms with Crippen molar-refractivity contribution in [2.24, 2.45) is 10.9 Å². The molecule has 2 rings (SSSR count). The number of para-hydroxylation sites is 1. The summed E-state index contributed by atoms with van der Waals surface area (Å²) < 4.78 is 30.4. The average Bonchev–Trinajstić information content (AvgIpc) is 2.63. The predicted octanol–water partition coefficient (Wildman–Crippen LogP) is 1.24. The number of hydrogen-bond donors (Lipinski definition) is 1. The Bertz CT molecular complexity index is 671. The van der Waals surface area contributed by atoms with E-state index in [2.05, 4.69) is 10.3 Å². The van der Waals surface area contributed by atoms with Gasteiger partial charge in [-0.15, -0.1) is 0 Å². The van der Waals surface area contributed by atoms with Crippen LogP contribution in [-0.2, 0) is 10.0 Å². The topological polar surface area (TPSA) is 74.2 Å². The van der Waals surface area contributed by atoms with Gasteiger partial charge >= 0.3 is 0 Å². The zero-order valence-corrected chi connectivity index (χ0v) is 16.7. The third-order valence-electron chi connectivity index (χ3n) is 4.60. The van der Waals surface area contributed by atoms with E-state index in [-0.39, 0.29) is 0 Å². The Kier molecular flexibility index (Phi) is 7.71. The van der Waals surface area contributed by atoms with Crippen LogP contribution in [0.1, 0.15) is 12.8 Å². The van der Waals surface area contributed by atoms with E-state index < -0.39 is 10.0 Å². The SMILES string of the molecule is CN=C(NCC1CCN(S(C)(=O)=O)CC1)N(C)CCOc1ccccc1. The minimum absolute atomic E-state index is 0.457. The van der Waals surface area contributed by atoms with Gasteiger partial charge in [0.25, 0.3) is 0 Å². The van der Waals surface area contributed by atoms with E-state index in [1.807, 2.05) is 42.3 Å². The van der Waals surface area contributed by atoms with Gasteiger partial charge in [-0.25, -0.2) is 12.7 Å². The number of benzene rings is 1. The third-order valence-corrected chi connectivity index (χ3v) is 5.91. The third kappa shape index (κ3) is 6.49. The summed E-state index contributed by atoms with van der Waals surface area (Å²) in [5.41, 5.74) is 0. The second-order valence-electron chi connectivity index (χ2n) is 6.62. The van der Waals surface area contributed by atoms with Crippen molar-refractivity contribution in [1.29, 1.82) is 0 Å². The zero-order chi connectivity index (χ0) is 19.0. The van der Waals surface area contributed by atoms with Gasteiger partial charge in [-0.2, -0.15) is 0 Å². The lowest BCUT2D eigenvalue weighted by Gasteiger charge is -2.31. The van der Waals surface area contributed by atoms with Gasteiger partial charge < -0.3 is 15.0 Å². The number of guanidine groups is 1. The Labute approximate surface area is 157 Å². The van der Waals surface area contributed by atoms with E-state index in [0.29, 0.717) is 25.6 Å². The van der Waals surface area contributed by atoms with Crippen LogP contribution in [0.5, 0.6) is 5.75 Å². The lowest BCUT2D eigenvalue weighted by atomic mass is 9.98. The van der Waals surface area contributed by atoms with Crippen LogP contribution in [0.3, 0.4) is 0 Å². The highest BCUT2D eigenvalue weighted by Gasteiger charge is 2.25. The molecule has 0 unspecified atom stereocenters. The molecule has 0 atom stereocenters. The molecule has 1 aromatic rings. The first kappa shape index (κ1) is 20.5. The number of nitrogens with zero attached hydrogens (tertiary/aromatic N) is 3. The Balaban J connectivity index is 1.70. The van der Waals surface area contributed by atoms with Crippen molar-refractivity contribution in [1.82, 2.24) is 14.5 Å². The summed E-state index contributed by atoms with van der Waals surface area (Å²) in [7, 11) is 0.684. The van der Waals surface area contributed by atoms with Crippen LogP contribution in [0.4, 0.5) is 0 Å². The predicted molar refractivity (Wildman–Crippen MR) is 105 cm³/mol. The minimum Gasteiger partial charge on any atom is -0.492 e. The molecule has 146 valence electrons. The highest BCUT2D eigenvalue weighted by atomic mass is 32.2. The van der Waals surface area contributed by atoms with Crippen LogP contribution in [0.2, 0.25) is 0 Å². The summed E-state index contributed by atoms with van der Waals surface area (Å²) in [5.74, 6) is 2.15. The second kappa shape index (κ2) is 9.78. The molecule has 0 radical (unpaired) electrons. The molecular weight excluding hydrogens is 352 g/mol. The van der Waals surface area contributed by atoms with E-state index in [1.165, 1.54) is 6.26 Å². The number of ether oxygens (including phenoxy) is 1. The normalized spacial score (nSPS) is 17.1. The lowest BCUT2D eigenvalue weighted by Crippen LogP contribution is -2.45. The molecular formula is C18H30N4O3S. The smallest absolute Gasteiger partial charge is 0.211 e. The van der Waals surface area contributed by atoms with Gasteiger partial charge in [0.1, 0.15) is 12.4 Å². The number of likely N-dealkylation sites (N-methyl/N-ethyl adjacent to an activating group) is 1. The number of hydrogen-bond acceptors (Lipinski definition) is 4. The molecule has 0 amide bonds. The maximum atomic E-state index is 11.6. The van der Waals surface area contributed by atoms with Gasteiger partial charge in [-0.1, -0.05) is 18.2 Å². The number of aliphatic imine (C=N–C) groups is 1. The van der Waals surface area contributed by atoms with Crippen molar-refractivity contribution in [3.8, 4) is 5.75 Å². The standard InChI is InChI=1S/C18H30N4O3S/c1-19-18(21(2)13-14-25-17-7-5-4-6-8-17)20-15-16-9-11-22(12-10-16)26(3,23)24/h4-8,16H,9-15H2,1-3H3,(H,19,20). The molecule has 7 nitrogen and oxygen atoms in total. The Morgan fingerprint density at radius 1 is 1.31 bits per heavy atom. The number of piperidine rings is 1. The largest absolute Gasteiger partial charge is 0.492 e. The Morgan fingerprint density at radius 3 is 2.54 bits per heavy atom. The molecule has 1 heterocycles. The fraction of sp³-hybridized carbons (Fsp3) is 0.611. The maximum Gasteiger partial charge on any atom is 0.211 e. The molecule has 0 aromatic heterocycles. The first-order valence-corrected chi connectivity index (χ1v) is 10.8. The minimum atomic E-state index is -3.06. The van der Waals surface area contributed by atoms with Crippen molar-refractivity contribution < 1.29 is 13.2 Å². The Morgan fingerprint density at radius 2 is 1.96 bits per heavy atom. The van der Waals surface area contributed by atoms with Crippen molar-refractivity contribution in [2.75, 3.05) is 53.1 Å². The molecule has 1 aliphatic rings. The summed E-state index contributed by atoms with van der Waals surface area (Å²) in [4.78, 5) is 6.36. The second-order valence-corrected chi connectivity index (χ2v) is 8.60. The summed E-state index contributed by atoms with van der Waals surface area (Å²) in [6, 6.07) is 9.75. The summed E-state index contributed by atoms with van der Waals surface area (Å²) in [6.07, 6.45) is 3.02. The summed E-state index contributed by atoms with van der Waals surface area (Å²) in [6.45, 7) is 3.30. The van der Waals surface area contributed by atoms with Gasteiger partial charge in [0.15, 0.2) is 5.96 Å². The molecule has 0 bridgehead atoms. The summed E-state index contributed by atoms with van der Waals surface area (Å²) in [5, 5.41) is 3.39. The van der Waals surface area contributed by atoms with Crippen LogP contribution in [0, 0.1) is 5.92 Å². The van der Waals surface area contributed by atoms with Gasteiger partial charge in [0.2, 0.25) is 10.0 Å². The molecule has 1 N–H and O–H groups in total. The van der Waals surface area contributed by atoms with Crippen LogP contribution in [0.25, 0.3) is 0 Å². The van der Waals surface area contributed by atoms with Crippen molar-refractivity contribution in [2.45, 2.75) is 12.8 Å². The molecule has 26 heavy (non-hydrogen) atoms. The first-order valence-electron chi connectivity index (χ1n) is 8.95. The first-order chi connectivity index (χ1) is 12.4. The van der Waals surface area contributed by atoms with Crippen LogP contribution < -0.4 is 10.1 Å². The van der Waals surface area contributed by atoms with Crippen LogP contribution >= 0.6 is 0 Å². The van der Waals surface area contributed by atoms with Gasteiger partial charge in [-0.3, -0.25) is 4.99 Å². The average molecular weight is 383 g/mol. The molecule has 8 heteroatoms. The molecule has 0 aliphatic carbocycles. The summed E-state index contributed by atoms with van der Waals surface area (Å²) >= 11 is 0. The number of sulfonamides is 1. The zero-order valence-electron chi connectivity index (χ0n) is 15.9. The molecule has 0 saturated carbocycles. The number of nitrogens with one attached hydrogen (secondary N) is 1. The van der Waals surface area contributed by atoms with E-state index in [1.54, 1.807) is 11.4 Å². The van der Waals surface area contributed by atoms with E-state index >= 15 is 0 Å². The highest BCUT2D eigenvalue weighted by molar-refractivity contribution is 7.88. The number of rotatable bonds is 7. The van der Waals surface area contributed by atoms with Gasteiger partial charge in [0, 0.05) is 33.7 Å². The fourth-order valence-electron chi connectivity index (χ4n) is 2.99. The van der Waals surface area contributed by atoms with E-state index in [9.17, 15) is 8.42 Å². The monoisotopic (exact) mass is 382 g/mol. The molecule has 0 spiro atoms. The van der Waals surface area contributed by atoms with Crippen molar-refractivity contribution in [3.05, 3.63) is 30.3 Å².